The molecule has 2 aromatic rings. The van der Waals surface area contributed by atoms with Crippen LogP contribution in [0.5, 0.6) is 0 Å². The lowest BCUT2D eigenvalue weighted by molar-refractivity contribution is -0.139. The van der Waals surface area contributed by atoms with E-state index in [1.807, 2.05) is 69.3 Å². The normalized spacial score (nSPS) is 14.9. The van der Waals surface area contributed by atoms with Gasteiger partial charge in [-0.25, -0.2) is 8.42 Å². The van der Waals surface area contributed by atoms with Crippen LogP contribution in [-0.4, -0.2) is 56.6 Å². The molecule has 1 aliphatic carbocycles. The van der Waals surface area contributed by atoms with Crippen LogP contribution in [0.1, 0.15) is 55.7 Å². The highest BCUT2D eigenvalue weighted by Gasteiger charge is 2.33. The van der Waals surface area contributed by atoms with Gasteiger partial charge in [0.05, 0.1) is 11.9 Å². The zero-order chi connectivity index (χ0) is 26.3. The van der Waals surface area contributed by atoms with Crippen LogP contribution in [0.4, 0.5) is 5.69 Å². The lowest BCUT2D eigenvalue weighted by Gasteiger charge is -2.34. The van der Waals surface area contributed by atoms with Gasteiger partial charge in [-0.15, -0.1) is 0 Å². The number of amides is 2. The van der Waals surface area contributed by atoms with Gasteiger partial charge in [-0.1, -0.05) is 68.3 Å². The average molecular weight is 514 g/mol. The molecule has 2 aromatic carbocycles. The minimum absolute atomic E-state index is 0.139. The molecule has 1 aliphatic rings. The lowest BCUT2D eigenvalue weighted by atomic mass is 10.1. The minimum Gasteiger partial charge on any atom is -0.352 e. The van der Waals surface area contributed by atoms with Crippen molar-refractivity contribution in [3.05, 3.63) is 65.2 Å². The molecule has 0 aromatic heterocycles. The standard InChI is InChI=1S/C28H39N3O4S/c1-5-25(28(33)29-24-16-9-10-17-24)30(19-18-23-14-7-6-8-15-23)26(32)20-31(36(4,34)35)27-21(2)12-11-13-22(27)3/h6-8,11-15,24-25H,5,9-10,16-20H2,1-4H3,(H,29,33). The number of carbonyl (C=O) groups excluding carboxylic acids is 2. The monoisotopic (exact) mass is 513 g/mol. The van der Waals surface area contributed by atoms with E-state index < -0.39 is 16.1 Å². The van der Waals surface area contributed by atoms with E-state index in [0.29, 0.717) is 25.1 Å². The molecule has 0 heterocycles. The van der Waals surface area contributed by atoms with E-state index in [-0.39, 0.29) is 24.4 Å². The molecule has 3 rings (SSSR count). The Bertz CT molecular complexity index is 1120. The second-order valence-electron chi connectivity index (χ2n) is 9.75. The fourth-order valence-electron chi connectivity index (χ4n) is 5.04. The lowest BCUT2D eigenvalue weighted by Crippen LogP contribution is -2.54. The van der Waals surface area contributed by atoms with Crippen molar-refractivity contribution in [3.8, 4) is 0 Å². The zero-order valence-electron chi connectivity index (χ0n) is 21.9. The second kappa shape index (κ2) is 12.4. The van der Waals surface area contributed by atoms with Crippen molar-refractivity contribution in [1.82, 2.24) is 10.2 Å². The quantitative estimate of drug-likeness (QED) is 0.492. The summed E-state index contributed by atoms with van der Waals surface area (Å²) < 4.78 is 26.9. The number of rotatable bonds is 11. The molecule has 2 amide bonds. The zero-order valence-corrected chi connectivity index (χ0v) is 22.7. The SMILES string of the molecule is CCC(C(=O)NC1CCCC1)N(CCc1ccccc1)C(=O)CN(c1c(C)cccc1C)S(C)(=O)=O. The Hall–Kier alpha value is -2.87. The molecule has 0 saturated heterocycles. The van der Waals surface area contributed by atoms with Crippen LogP contribution >= 0.6 is 0 Å². The van der Waals surface area contributed by atoms with Crippen LogP contribution < -0.4 is 9.62 Å². The van der Waals surface area contributed by atoms with Crippen molar-refractivity contribution in [2.45, 2.75) is 71.4 Å². The van der Waals surface area contributed by atoms with Crippen molar-refractivity contribution < 1.29 is 18.0 Å². The van der Waals surface area contributed by atoms with Crippen LogP contribution in [0.2, 0.25) is 0 Å². The summed E-state index contributed by atoms with van der Waals surface area (Å²) in [6, 6.07) is 14.8. The fourth-order valence-corrected chi connectivity index (χ4v) is 6.00. The molecule has 1 saturated carbocycles. The number of anilines is 1. The molecule has 1 unspecified atom stereocenters. The summed E-state index contributed by atoms with van der Waals surface area (Å²) in [6.07, 6.45) is 6.23. The summed E-state index contributed by atoms with van der Waals surface area (Å²) in [5.41, 5.74) is 3.11. The van der Waals surface area contributed by atoms with Gasteiger partial charge in [-0.2, -0.15) is 0 Å². The first-order valence-electron chi connectivity index (χ1n) is 12.8. The van der Waals surface area contributed by atoms with Gasteiger partial charge < -0.3 is 10.2 Å². The summed E-state index contributed by atoms with van der Waals surface area (Å²) in [4.78, 5) is 28.7. The number of hydrogen-bond acceptors (Lipinski definition) is 4. The predicted octanol–water partition coefficient (Wildman–Crippen LogP) is 3.98. The number of para-hydroxylation sites is 1. The number of benzene rings is 2. The minimum atomic E-state index is -3.74. The topological polar surface area (TPSA) is 86.8 Å². The summed E-state index contributed by atoms with van der Waals surface area (Å²) in [7, 11) is -3.74. The van der Waals surface area contributed by atoms with E-state index in [9.17, 15) is 18.0 Å². The Kier molecular flexibility index (Phi) is 9.54. The van der Waals surface area contributed by atoms with Crippen LogP contribution in [0.3, 0.4) is 0 Å². The Morgan fingerprint density at radius 2 is 1.61 bits per heavy atom. The van der Waals surface area contributed by atoms with Gasteiger partial charge in [0, 0.05) is 12.6 Å². The molecule has 196 valence electrons. The summed E-state index contributed by atoms with van der Waals surface area (Å²) >= 11 is 0. The molecule has 0 aliphatic heterocycles. The first-order chi connectivity index (χ1) is 17.1. The average Bonchev–Trinajstić information content (AvgIpc) is 3.33. The van der Waals surface area contributed by atoms with Gasteiger partial charge in [0.1, 0.15) is 12.6 Å². The van der Waals surface area contributed by atoms with E-state index in [4.69, 9.17) is 0 Å². The Morgan fingerprint density at radius 3 is 2.17 bits per heavy atom. The van der Waals surface area contributed by atoms with E-state index in [1.54, 1.807) is 4.90 Å². The number of nitrogens with one attached hydrogen (secondary N) is 1. The smallest absolute Gasteiger partial charge is 0.244 e. The van der Waals surface area contributed by atoms with E-state index >= 15 is 0 Å². The third-order valence-electron chi connectivity index (χ3n) is 6.94. The molecule has 8 heteroatoms. The molecule has 0 radical (unpaired) electrons. The summed E-state index contributed by atoms with van der Waals surface area (Å²) in [6.45, 7) is 5.53. The Morgan fingerprint density at radius 1 is 1.00 bits per heavy atom. The van der Waals surface area contributed by atoms with Crippen LogP contribution in [0.25, 0.3) is 0 Å². The van der Waals surface area contributed by atoms with Crippen LogP contribution in [0.15, 0.2) is 48.5 Å². The maximum atomic E-state index is 13.8. The number of carbonyl (C=O) groups is 2. The van der Waals surface area contributed by atoms with E-state index in [2.05, 4.69) is 5.32 Å². The molecule has 1 N–H and O–H groups in total. The number of nitrogens with zero attached hydrogens (tertiary/aromatic N) is 2. The molecule has 0 spiro atoms. The van der Waals surface area contributed by atoms with Gasteiger partial charge in [-0.05, 0) is 56.2 Å². The van der Waals surface area contributed by atoms with Crippen molar-refractivity contribution in [2.24, 2.45) is 0 Å². The Balaban J connectivity index is 1.90. The third kappa shape index (κ3) is 7.09. The van der Waals surface area contributed by atoms with E-state index in [0.717, 1.165) is 48.6 Å². The molecule has 1 fully saturated rings. The van der Waals surface area contributed by atoms with Crippen molar-refractivity contribution in [2.75, 3.05) is 23.7 Å². The maximum Gasteiger partial charge on any atom is 0.244 e. The van der Waals surface area contributed by atoms with Crippen molar-refractivity contribution in [3.63, 3.8) is 0 Å². The van der Waals surface area contributed by atoms with Gasteiger partial charge in [-0.3, -0.25) is 13.9 Å². The Labute approximate surface area is 215 Å². The first kappa shape index (κ1) is 27.7. The summed E-state index contributed by atoms with van der Waals surface area (Å²) in [5.74, 6) is -0.545. The molecule has 7 nitrogen and oxygen atoms in total. The van der Waals surface area contributed by atoms with Gasteiger partial charge in [0.25, 0.3) is 0 Å². The molecule has 36 heavy (non-hydrogen) atoms. The highest BCUT2D eigenvalue weighted by molar-refractivity contribution is 7.92. The van der Waals surface area contributed by atoms with Crippen molar-refractivity contribution >= 4 is 27.5 Å². The second-order valence-corrected chi connectivity index (χ2v) is 11.7. The number of aryl methyl sites for hydroxylation is 2. The maximum absolute atomic E-state index is 13.8. The van der Waals surface area contributed by atoms with Gasteiger partial charge in [0.2, 0.25) is 21.8 Å². The van der Waals surface area contributed by atoms with Crippen LogP contribution in [0, 0.1) is 13.8 Å². The van der Waals surface area contributed by atoms with Gasteiger partial charge in [0.15, 0.2) is 0 Å². The molecular formula is C28H39N3O4S. The van der Waals surface area contributed by atoms with Crippen LogP contribution in [-0.2, 0) is 26.0 Å². The molecular weight excluding hydrogens is 474 g/mol. The largest absolute Gasteiger partial charge is 0.352 e. The highest BCUT2D eigenvalue weighted by atomic mass is 32.2. The molecule has 0 bridgehead atoms. The molecule has 1 atom stereocenters. The first-order valence-corrected chi connectivity index (χ1v) is 14.6. The predicted molar refractivity (Wildman–Crippen MR) is 144 cm³/mol. The third-order valence-corrected chi connectivity index (χ3v) is 8.05. The van der Waals surface area contributed by atoms with E-state index in [1.165, 1.54) is 4.31 Å². The fraction of sp³-hybridized carbons (Fsp3) is 0.500. The number of hydrogen-bond donors (Lipinski definition) is 1. The van der Waals surface area contributed by atoms with Crippen molar-refractivity contribution in [1.29, 1.82) is 0 Å². The van der Waals surface area contributed by atoms with Gasteiger partial charge >= 0.3 is 0 Å². The summed E-state index contributed by atoms with van der Waals surface area (Å²) in [5, 5.41) is 3.13. The number of sulfonamides is 1. The highest BCUT2D eigenvalue weighted by Crippen LogP contribution is 2.27.